The Morgan fingerprint density at radius 1 is 1.03 bits per heavy atom. The van der Waals surface area contributed by atoms with Crippen molar-refractivity contribution in [3.63, 3.8) is 0 Å². The van der Waals surface area contributed by atoms with E-state index in [1.807, 2.05) is 52.0 Å². The van der Waals surface area contributed by atoms with Gasteiger partial charge in [0.2, 0.25) is 0 Å². The Labute approximate surface area is 224 Å². The molecule has 0 aliphatic heterocycles. The molecular formula is C32H45N3O2. The number of nitrogens with zero attached hydrogens (tertiary/aromatic N) is 1. The summed E-state index contributed by atoms with van der Waals surface area (Å²) < 4.78 is 0. The SMILES string of the molecule is C=N/C(=C\C(=C)NCC)c1cc(-c2ccc(O)cc2)ccc1O.CC.CCC1=CC=CCC=C1.CCN. The smallest absolute Gasteiger partial charge is 0.125 e. The molecule has 1 aliphatic rings. The number of aliphatic imine (C=N–C) groups is 1. The lowest BCUT2D eigenvalue weighted by atomic mass is 10.0. The fourth-order valence-corrected chi connectivity index (χ4v) is 3.09. The van der Waals surface area contributed by atoms with Gasteiger partial charge in [-0.2, -0.15) is 0 Å². The summed E-state index contributed by atoms with van der Waals surface area (Å²) in [4.78, 5) is 4.00. The maximum Gasteiger partial charge on any atom is 0.125 e. The minimum Gasteiger partial charge on any atom is -0.508 e. The summed E-state index contributed by atoms with van der Waals surface area (Å²) in [5.41, 5.74) is 9.91. The van der Waals surface area contributed by atoms with Crippen LogP contribution in [0.15, 0.2) is 102 Å². The van der Waals surface area contributed by atoms with Crippen molar-refractivity contribution in [2.75, 3.05) is 13.1 Å². The summed E-state index contributed by atoms with van der Waals surface area (Å²) >= 11 is 0. The lowest BCUT2D eigenvalue weighted by molar-refractivity contribution is 0.473. The number of hydrogen-bond donors (Lipinski definition) is 4. The van der Waals surface area contributed by atoms with E-state index in [1.54, 1.807) is 24.3 Å². The lowest BCUT2D eigenvalue weighted by Crippen LogP contribution is -2.09. The standard InChI is InChI=1S/C19H20N2O2.C9H12.C2H7N.C2H6/c1-4-21-13(2)11-18(20-3)17-12-15(7-10-19(17)23)14-5-8-16(22)9-6-14;1-2-9-7-5-3-4-6-8-9;1-2-3;1-2/h5-12,21-23H,2-4H2,1H3;3,5-8H,2,4H2,1H3;2-3H2,1H3;1-2H3/b18-11-;;;. The molecule has 0 aromatic heterocycles. The Bertz CT molecular complexity index is 1060. The highest BCUT2D eigenvalue weighted by Crippen LogP contribution is 2.32. The molecule has 0 saturated heterocycles. The third-order valence-electron chi connectivity index (χ3n) is 4.82. The summed E-state index contributed by atoms with van der Waals surface area (Å²) in [5, 5.41) is 22.6. The van der Waals surface area contributed by atoms with Crippen LogP contribution < -0.4 is 11.1 Å². The van der Waals surface area contributed by atoms with Gasteiger partial charge in [-0.1, -0.05) is 82.9 Å². The molecule has 0 amide bonds. The fraction of sp³-hybridized carbons (Fsp3) is 0.281. The van der Waals surface area contributed by atoms with Crippen molar-refractivity contribution in [1.29, 1.82) is 0 Å². The minimum absolute atomic E-state index is 0.121. The average Bonchev–Trinajstić information content (AvgIpc) is 3.20. The van der Waals surface area contributed by atoms with Crippen molar-refractivity contribution >= 4 is 12.4 Å². The molecular weight excluding hydrogens is 458 g/mol. The van der Waals surface area contributed by atoms with E-state index in [9.17, 15) is 10.2 Å². The highest BCUT2D eigenvalue weighted by molar-refractivity contribution is 5.78. The van der Waals surface area contributed by atoms with Gasteiger partial charge < -0.3 is 21.3 Å². The molecule has 5 N–H and O–H groups in total. The normalized spacial score (nSPS) is 11.7. The number of nitrogens with one attached hydrogen (secondary N) is 1. The van der Waals surface area contributed by atoms with Crippen LogP contribution in [0, 0.1) is 0 Å². The molecule has 2 aromatic rings. The summed E-state index contributed by atoms with van der Waals surface area (Å²) in [6.45, 7) is 19.0. The molecule has 1 aliphatic carbocycles. The van der Waals surface area contributed by atoms with Gasteiger partial charge in [0.15, 0.2) is 0 Å². The predicted octanol–water partition coefficient (Wildman–Crippen LogP) is 7.76. The van der Waals surface area contributed by atoms with E-state index >= 15 is 0 Å². The Morgan fingerprint density at radius 3 is 2.22 bits per heavy atom. The molecule has 5 nitrogen and oxygen atoms in total. The number of phenolic OH excluding ortho intramolecular Hbond substituents is 2. The van der Waals surface area contributed by atoms with E-state index < -0.39 is 0 Å². The van der Waals surface area contributed by atoms with Gasteiger partial charge in [0, 0.05) is 17.8 Å². The zero-order chi connectivity index (χ0) is 28.1. The van der Waals surface area contributed by atoms with Crippen LogP contribution >= 0.6 is 0 Å². The van der Waals surface area contributed by atoms with Crippen molar-refractivity contribution < 1.29 is 10.2 Å². The van der Waals surface area contributed by atoms with Gasteiger partial charge in [-0.25, -0.2) is 0 Å². The molecule has 2 aromatic carbocycles. The van der Waals surface area contributed by atoms with Gasteiger partial charge in [0.25, 0.3) is 0 Å². The average molecular weight is 504 g/mol. The van der Waals surface area contributed by atoms with Crippen LogP contribution in [0.1, 0.15) is 53.0 Å². The number of phenols is 2. The zero-order valence-electron chi connectivity index (χ0n) is 23.2. The van der Waals surface area contributed by atoms with E-state index in [2.05, 4.69) is 60.9 Å². The van der Waals surface area contributed by atoms with E-state index in [-0.39, 0.29) is 11.5 Å². The third-order valence-corrected chi connectivity index (χ3v) is 4.82. The van der Waals surface area contributed by atoms with Gasteiger partial charge in [0.1, 0.15) is 11.5 Å². The molecule has 0 spiro atoms. The summed E-state index contributed by atoms with van der Waals surface area (Å²) in [6, 6.07) is 12.1. The summed E-state index contributed by atoms with van der Waals surface area (Å²) in [6.07, 6.45) is 14.8. The largest absolute Gasteiger partial charge is 0.508 e. The molecule has 0 unspecified atom stereocenters. The van der Waals surface area contributed by atoms with Gasteiger partial charge >= 0.3 is 0 Å². The Morgan fingerprint density at radius 2 is 1.65 bits per heavy atom. The first-order valence-corrected chi connectivity index (χ1v) is 12.9. The number of allylic oxidation sites excluding steroid dienone is 7. The number of likely N-dealkylation sites (N-methyl/N-ethyl adjacent to an activating group) is 1. The van der Waals surface area contributed by atoms with Crippen molar-refractivity contribution in [3.8, 4) is 22.6 Å². The zero-order valence-corrected chi connectivity index (χ0v) is 23.2. The number of nitrogens with two attached hydrogens (primary N) is 1. The molecule has 0 bridgehead atoms. The summed E-state index contributed by atoms with van der Waals surface area (Å²) in [5.74, 6) is 0.332. The first-order chi connectivity index (χ1) is 17.9. The molecule has 37 heavy (non-hydrogen) atoms. The molecule has 3 rings (SSSR count). The fourth-order valence-electron chi connectivity index (χ4n) is 3.09. The van der Waals surface area contributed by atoms with Crippen molar-refractivity contribution in [2.45, 2.75) is 47.5 Å². The Kier molecular flexibility index (Phi) is 18.3. The first-order valence-electron chi connectivity index (χ1n) is 12.9. The first kappa shape index (κ1) is 33.2. The minimum atomic E-state index is 0.121. The Balaban J connectivity index is 0.000000764. The lowest BCUT2D eigenvalue weighted by Gasteiger charge is -2.10. The summed E-state index contributed by atoms with van der Waals surface area (Å²) in [7, 11) is 0. The quantitative estimate of drug-likeness (QED) is 0.229. The predicted molar refractivity (Wildman–Crippen MR) is 163 cm³/mol. The van der Waals surface area contributed by atoms with Crippen LogP contribution in [0.2, 0.25) is 0 Å². The molecule has 0 saturated carbocycles. The van der Waals surface area contributed by atoms with Crippen molar-refractivity contribution in [3.05, 3.63) is 102 Å². The number of benzene rings is 2. The third kappa shape index (κ3) is 13.2. The van der Waals surface area contributed by atoms with Crippen LogP contribution in [-0.2, 0) is 0 Å². The van der Waals surface area contributed by atoms with Gasteiger partial charge in [-0.05, 0) is 80.1 Å². The van der Waals surface area contributed by atoms with Crippen LogP contribution in [0.25, 0.3) is 16.8 Å². The van der Waals surface area contributed by atoms with E-state index in [0.29, 0.717) is 17.0 Å². The molecule has 5 heteroatoms. The maximum absolute atomic E-state index is 10.2. The van der Waals surface area contributed by atoms with Crippen LogP contribution in [-0.4, -0.2) is 30.0 Å². The monoisotopic (exact) mass is 503 g/mol. The van der Waals surface area contributed by atoms with E-state index in [4.69, 9.17) is 5.73 Å². The van der Waals surface area contributed by atoms with Crippen LogP contribution in [0.3, 0.4) is 0 Å². The van der Waals surface area contributed by atoms with E-state index in [0.717, 1.165) is 37.1 Å². The topological polar surface area (TPSA) is 90.9 Å². The van der Waals surface area contributed by atoms with Crippen molar-refractivity contribution in [2.24, 2.45) is 10.7 Å². The second-order valence-electron chi connectivity index (χ2n) is 7.59. The van der Waals surface area contributed by atoms with E-state index in [1.165, 1.54) is 5.57 Å². The molecule has 0 radical (unpaired) electrons. The molecule has 0 atom stereocenters. The van der Waals surface area contributed by atoms with Crippen LogP contribution in [0.5, 0.6) is 11.5 Å². The maximum atomic E-state index is 10.2. The number of rotatable bonds is 7. The van der Waals surface area contributed by atoms with Gasteiger partial charge in [-0.15, -0.1) is 0 Å². The van der Waals surface area contributed by atoms with Gasteiger partial charge in [0.05, 0.1) is 5.70 Å². The second kappa shape index (κ2) is 20.4. The Hall–Kier alpha value is -3.83. The van der Waals surface area contributed by atoms with Crippen LogP contribution in [0.4, 0.5) is 0 Å². The van der Waals surface area contributed by atoms with Crippen molar-refractivity contribution in [1.82, 2.24) is 5.32 Å². The molecule has 0 heterocycles. The molecule has 200 valence electrons. The highest BCUT2D eigenvalue weighted by atomic mass is 16.3. The number of aromatic hydroxyl groups is 2. The highest BCUT2D eigenvalue weighted by Gasteiger charge is 2.09. The van der Waals surface area contributed by atoms with Gasteiger partial charge in [-0.3, -0.25) is 4.99 Å². The second-order valence-corrected chi connectivity index (χ2v) is 7.59. The molecule has 0 fully saturated rings. The number of hydrogen-bond acceptors (Lipinski definition) is 5.